The Labute approximate surface area is 174 Å². The van der Waals surface area contributed by atoms with Crippen molar-refractivity contribution in [2.75, 3.05) is 36.8 Å². The number of nitrogens with zero attached hydrogens (tertiary/aromatic N) is 2. The molecule has 1 fully saturated rings. The van der Waals surface area contributed by atoms with Gasteiger partial charge >= 0.3 is 0 Å². The Hall–Kier alpha value is -1.83. The van der Waals surface area contributed by atoms with Gasteiger partial charge in [-0.25, -0.2) is 0 Å². The summed E-state index contributed by atoms with van der Waals surface area (Å²) in [6.45, 7) is 3.24. The van der Waals surface area contributed by atoms with Crippen molar-refractivity contribution in [3.63, 3.8) is 0 Å². The molecule has 1 atom stereocenters. The van der Waals surface area contributed by atoms with E-state index in [-0.39, 0.29) is 17.9 Å². The van der Waals surface area contributed by atoms with Gasteiger partial charge in [-0.2, -0.15) is 0 Å². The number of likely N-dealkylation sites (tertiary alicyclic amines) is 1. The van der Waals surface area contributed by atoms with E-state index in [1.54, 1.807) is 28.0 Å². The van der Waals surface area contributed by atoms with Crippen molar-refractivity contribution in [1.29, 1.82) is 0 Å². The highest BCUT2D eigenvalue weighted by Gasteiger charge is 2.26. The molecule has 0 spiro atoms. The number of carbonyl (C=O) groups excluding carboxylic acids is 2. The van der Waals surface area contributed by atoms with Crippen LogP contribution in [0.4, 0.5) is 5.69 Å². The zero-order chi connectivity index (χ0) is 19.3. The van der Waals surface area contributed by atoms with E-state index >= 15 is 0 Å². The number of nitrogens with one attached hydrogen (secondary N) is 1. The Balaban J connectivity index is 1.33. The molecule has 4 rings (SSSR count). The van der Waals surface area contributed by atoms with Crippen LogP contribution in [-0.4, -0.2) is 48.6 Å². The second kappa shape index (κ2) is 9.11. The van der Waals surface area contributed by atoms with Crippen molar-refractivity contribution >= 4 is 40.6 Å². The average Bonchev–Trinajstić information content (AvgIpc) is 3.42. The number of para-hydroxylation sites is 1. The predicted molar refractivity (Wildman–Crippen MR) is 115 cm³/mol. The molecule has 3 heterocycles. The van der Waals surface area contributed by atoms with Crippen LogP contribution in [0.25, 0.3) is 0 Å². The van der Waals surface area contributed by atoms with Crippen molar-refractivity contribution < 1.29 is 9.59 Å². The third-order valence-electron chi connectivity index (χ3n) is 5.32. The largest absolute Gasteiger partial charge is 0.354 e. The molecule has 1 saturated heterocycles. The molecule has 1 aromatic carbocycles. The van der Waals surface area contributed by atoms with Crippen molar-refractivity contribution in [3.05, 3.63) is 46.7 Å². The first-order valence-corrected chi connectivity index (χ1v) is 11.7. The van der Waals surface area contributed by atoms with Gasteiger partial charge in [0.05, 0.1) is 17.5 Å². The maximum absolute atomic E-state index is 12.5. The number of carbonyl (C=O) groups is 2. The number of thiophene rings is 1. The molecular formula is C21H25N3O2S2. The van der Waals surface area contributed by atoms with Crippen LogP contribution in [0.5, 0.6) is 0 Å². The van der Waals surface area contributed by atoms with Gasteiger partial charge in [0.15, 0.2) is 0 Å². The van der Waals surface area contributed by atoms with Gasteiger partial charge in [0, 0.05) is 29.3 Å². The predicted octanol–water partition coefficient (Wildman–Crippen LogP) is 3.53. The Morgan fingerprint density at radius 1 is 1.14 bits per heavy atom. The molecule has 1 aromatic heterocycles. The van der Waals surface area contributed by atoms with Crippen molar-refractivity contribution in [3.8, 4) is 0 Å². The van der Waals surface area contributed by atoms with E-state index in [9.17, 15) is 9.59 Å². The molecule has 1 unspecified atom stereocenters. The van der Waals surface area contributed by atoms with Crippen LogP contribution >= 0.6 is 23.1 Å². The number of thioether (sulfide) groups is 1. The first kappa shape index (κ1) is 19.5. The van der Waals surface area contributed by atoms with Crippen molar-refractivity contribution in [2.24, 2.45) is 0 Å². The monoisotopic (exact) mass is 415 g/mol. The van der Waals surface area contributed by atoms with Crippen LogP contribution in [-0.2, 0) is 9.59 Å². The van der Waals surface area contributed by atoms with Crippen LogP contribution in [0.1, 0.15) is 30.2 Å². The van der Waals surface area contributed by atoms with Gasteiger partial charge in [0.1, 0.15) is 0 Å². The smallest absolute Gasteiger partial charge is 0.237 e. The Morgan fingerprint density at radius 2 is 1.96 bits per heavy atom. The molecular weight excluding hydrogens is 390 g/mol. The first-order valence-electron chi connectivity index (χ1n) is 9.79. The zero-order valence-electron chi connectivity index (χ0n) is 15.8. The molecule has 0 bridgehead atoms. The fourth-order valence-corrected chi connectivity index (χ4v) is 5.65. The van der Waals surface area contributed by atoms with E-state index < -0.39 is 0 Å². The van der Waals surface area contributed by atoms with Crippen LogP contribution < -0.4 is 10.2 Å². The summed E-state index contributed by atoms with van der Waals surface area (Å²) < 4.78 is 0. The standard InChI is InChI=1S/C21H25N3O2S2/c25-20(9-12-24-16-6-1-2-7-18(16)28-15-21(24)26)22-14-17(19-8-5-13-27-19)23-10-3-4-11-23/h1-2,5-8,13,17H,3-4,9-12,14-15H2,(H,22,25). The Morgan fingerprint density at radius 3 is 2.75 bits per heavy atom. The van der Waals surface area contributed by atoms with E-state index in [0.717, 1.165) is 23.7 Å². The number of fused-ring (bicyclic) bond motifs is 1. The fraction of sp³-hybridized carbons (Fsp3) is 0.429. The molecule has 0 saturated carbocycles. The summed E-state index contributed by atoms with van der Waals surface area (Å²) in [5.74, 6) is 0.517. The van der Waals surface area contributed by atoms with Crippen molar-refractivity contribution in [2.45, 2.75) is 30.2 Å². The molecule has 5 nitrogen and oxygen atoms in total. The molecule has 2 aliphatic heterocycles. The number of hydrogen-bond acceptors (Lipinski definition) is 5. The molecule has 1 N–H and O–H groups in total. The highest BCUT2D eigenvalue weighted by molar-refractivity contribution is 8.00. The highest BCUT2D eigenvalue weighted by atomic mass is 32.2. The highest BCUT2D eigenvalue weighted by Crippen LogP contribution is 2.35. The SMILES string of the molecule is O=C(CCN1C(=O)CSc2ccccc21)NCC(c1cccs1)N1CCCC1. The minimum absolute atomic E-state index is 0.00395. The minimum Gasteiger partial charge on any atom is -0.354 e. The minimum atomic E-state index is 0.00395. The summed E-state index contributed by atoms with van der Waals surface area (Å²) >= 11 is 3.32. The lowest BCUT2D eigenvalue weighted by molar-refractivity contribution is -0.121. The molecule has 2 amide bonds. The second-order valence-corrected chi connectivity index (χ2v) is 9.13. The number of anilines is 1. The Bertz CT molecular complexity index is 819. The third-order valence-corrected chi connectivity index (χ3v) is 7.34. The third kappa shape index (κ3) is 4.42. The molecule has 2 aliphatic rings. The van der Waals surface area contributed by atoms with Gasteiger partial charge in [-0.05, 0) is 49.5 Å². The Kier molecular flexibility index (Phi) is 6.34. The van der Waals surface area contributed by atoms with Gasteiger partial charge in [-0.15, -0.1) is 23.1 Å². The lowest BCUT2D eigenvalue weighted by Crippen LogP contribution is -2.40. The zero-order valence-corrected chi connectivity index (χ0v) is 17.4. The summed E-state index contributed by atoms with van der Waals surface area (Å²) in [4.78, 5) is 31.5. The maximum atomic E-state index is 12.5. The molecule has 2 aromatic rings. The molecule has 0 radical (unpaired) electrons. The molecule has 7 heteroatoms. The summed E-state index contributed by atoms with van der Waals surface area (Å²) in [5.41, 5.74) is 0.921. The number of hydrogen-bond donors (Lipinski definition) is 1. The first-order chi connectivity index (χ1) is 13.7. The van der Waals surface area contributed by atoms with Crippen LogP contribution in [0, 0.1) is 0 Å². The topological polar surface area (TPSA) is 52.7 Å². The van der Waals surface area contributed by atoms with Gasteiger partial charge < -0.3 is 10.2 Å². The maximum Gasteiger partial charge on any atom is 0.237 e. The van der Waals surface area contributed by atoms with Gasteiger partial charge in [0.25, 0.3) is 0 Å². The summed E-state index contributed by atoms with van der Waals surface area (Å²) in [7, 11) is 0. The fourth-order valence-electron chi connectivity index (χ4n) is 3.86. The van der Waals surface area contributed by atoms with Gasteiger partial charge in [-0.1, -0.05) is 18.2 Å². The number of benzene rings is 1. The van der Waals surface area contributed by atoms with E-state index in [1.807, 2.05) is 24.3 Å². The van der Waals surface area contributed by atoms with E-state index in [0.29, 0.717) is 25.3 Å². The van der Waals surface area contributed by atoms with Crippen LogP contribution in [0.15, 0.2) is 46.7 Å². The number of rotatable bonds is 7. The molecule has 28 heavy (non-hydrogen) atoms. The number of amides is 2. The van der Waals surface area contributed by atoms with Crippen LogP contribution in [0.3, 0.4) is 0 Å². The lowest BCUT2D eigenvalue weighted by Gasteiger charge is -2.29. The molecule has 148 valence electrons. The van der Waals surface area contributed by atoms with E-state index in [1.165, 1.54) is 17.7 Å². The van der Waals surface area contributed by atoms with Gasteiger partial charge in [-0.3, -0.25) is 14.5 Å². The van der Waals surface area contributed by atoms with Crippen molar-refractivity contribution in [1.82, 2.24) is 10.2 Å². The normalized spacial score (nSPS) is 18.1. The van der Waals surface area contributed by atoms with Crippen LogP contribution in [0.2, 0.25) is 0 Å². The lowest BCUT2D eigenvalue weighted by atomic mass is 10.2. The van der Waals surface area contributed by atoms with Gasteiger partial charge in [0.2, 0.25) is 11.8 Å². The van der Waals surface area contributed by atoms with E-state index in [2.05, 4.69) is 27.7 Å². The quantitative estimate of drug-likeness (QED) is 0.752. The summed E-state index contributed by atoms with van der Waals surface area (Å²) in [6.07, 6.45) is 2.77. The van der Waals surface area contributed by atoms with E-state index in [4.69, 9.17) is 0 Å². The summed E-state index contributed by atoms with van der Waals surface area (Å²) in [6, 6.07) is 12.4. The molecule has 0 aliphatic carbocycles. The second-order valence-electron chi connectivity index (χ2n) is 7.13. The summed E-state index contributed by atoms with van der Waals surface area (Å²) in [5, 5.41) is 5.20. The average molecular weight is 416 g/mol.